The maximum Gasteiger partial charge on any atom is 0.251 e. The molecule has 5 heteroatoms. The molecule has 19 heavy (non-hydrogen) atoms. The van der Waals surface area contributed by atoms with Gasteiger partial charge < -0.3 is 15.8 Å². The lowest BCUT2D eigenvalue weighted by Gasteiger charge is -2.08. The molecule has 1 amide bonds. The Balaban J connectivity index is 2.54. The Bertz CT molecular complexity index is 469. The third-order valence-electron chi connectivity index (χ3n) is 2.22. The Kier molecular flexibility index (Phi) is 6.69. The van der Waals surface area contributed by atoms with E-state index in [2.05, 4.69) is 11.2 Å². The molecule has 0 unspecified atom stereocenters. The Labute approximate surface area is 118 Å². The van der Waals surface area contributed by atoms with Gasteiger partial charge in [-0.25, -0.2) is 0 Å². The molecule has 0 spiro atoms. The zero-order chi connectivity index (χ0) is 14.1. The maximum atomic E-state index is 11.9. The van der Waals surface area contributed by atoms with Crippen molar-refractivity contribution < 1.29 is 9.53 Å². The van der Waals surface area contributed by atoms with E-state index >= 15 is 0 Å². The average Bonchev–Trinajstić information content (AvgIpc) is 2.38. The van der Waals surface area contributed by atoms with E-state index < -0.39 is 0 Å². The molecule has 0 aliphatic heterocycles. The third kappa shape index (κ3) is 5.58. The topological polar surface area (TPSA) is 64.4 Å². The first kappa shape index (κ1) is 15.3. The van der Waals surface area contributed by atoms with Gasteiger partial charge in [-0.3, -0.25) is 4.79 Å². The number of terminal acetylenes is 1. The number of rotatable bonds is 7. The molecule has 0 atom stereocenters. The Morgan fingerprint density at radius 2 is 2.32 bits per heavy atom. The number of nitrogen functional groups attached to an aromatic ring is 1. The normalized spacial score (nSPS) is 9.68. The number of nitrogens with one attached hydrogen (secondary N) is 1. The molecule has 1 aromatic rings. The quantitative estimate of drug-likeness (QED) is 0.453. The van der Waals surface area contributed by atoms with Gasteiger partial charge in [0.25, 0.3) is 5.91 Å². The van der Waals surface area contributed by atoms with E-state index in [1.807, 2.05) is 6.92 Å². The van der Waals surface area contributed by atoms with Gasteiger partial charge >= 0.3 is 0 Å². The van der Waals surface area contributed by atoms with Crippen LogP contribution < -0.4 is 15.8 Å². The molecule has 0 aromatic heterocycles. The summed E-state index contributed by atoms with van der Waals surface area (Å²) in [5.74, 6) is 4.43. The summed E-state index contributed by atoms with van der Waals surface area (Å²) in [5.41, 5.74) is 6.75. The summed E-state index contributed by atoms with van der Waals surface area (Å²) in [6, 6.07) is 5.01. The number of amides is 1. The number of hydrogen-bond acceptors (Lipinski definition) is 4. The molecule has 0 aliphatic rings. The van der Waals surface area contributed by atoms with E-state index in [1.54, 1.807) is 30.0 Å². The van der Waals surface area contributed by atoms with Gasteiger partial charge in [-0.05, 0) is 19.1 Å². The van der Waals surface area contributed by atoms with E-state index in [4.69, 9.17) is 16.9 Å². The van der Waals surface area contributed by atoms with Crippen LogP contribution in [0.25, 0.3) is 0 Å². The molecule has 0 bridgehead atoms. The summed E-state index contributed by atoms with van der Waals surface area (Å²) in [7, 11) is 0. The van der Waals surface area contributed by atoms with Crippen molar-refractivity contribution in [2.24, 2.45) is 0 Å². The van der Waals surface area contributed by atoms with Crippen molar-refractivity contribution in [1.29, 1.82) is 0 Å². The van der Waals surface area contributed by atoms with E-state index in [0.29, 0.717) is 35.9 Å². The highest BCUT2D eigenvalue weighted by Crippen LogP contribution is 2.18. The van der Waals surface area contributed by atoms with Crippen LogP contribution in [0.3, 0.4) is 0 Å². The number of nitrogens with two attached hydrogens (primary N) is 1. The fraction of sp³-hybridized carbons (Fsp3) is 0.357. The second kappa shape index (κ2) is 8.33. The number of carbonyl (C=O) groups excluding carboxylic acids is 1. The van der Waals surface area contributed by atoms with Gasteiger partial charge in [0.2, 0.25) is 0 Å². The lowest BCUT2D eigenvalue weighted by molar-refractivity contribution is 0.0956. The van der Waals surface area contributed by atoms with Gasteiger partial charge in [-0.1, -0.05) is 5.92 Å². The highest BCUT2D eigenvalue weighted by Gasteiger charge is 2.08. The largest absolute Gasteiger partial charge is 0.494 e. The lowest BCUT2D eigenvalue weighted by Crippen LogP contribution is -2.25. The molecule has 0 heterocycles. The summed E-state index contributed by atoms with van der Waals surface area (Å²) >= 11 is 1.60. The van der Waals surface area contributed by atoms with Gasteiger partial charge in [0, 0.05) is 29.6 Å². The van der Waals surface area contributed by atoms with Gasteiger partial charge in [0.1, 0.15) is 5.75 Å². The predicted octanol–water partition coefficient (Wildman–Crippen LogP) is 1.76. The van der Waals surface area contributed by atoms with E-state index in [9.17, 15) is 4.79 Å². The number of anilines is 1. The first-order valence-corrected chi connectivity index (χ1v) is 7.15. The predicted molar refractivity (Wildman–Crippen MR) is 80.5 cm³/mol. The van der Waals surface area contributed by atoms with E-state index in [-0.39, 0.29) is 5.91 Å². The first-order chi connectivity index (χ1) is 9.17. The van der Waals surface area contributed by atoms with Crippen LogP contribution in [0, 0.1) is 12.3 Å². The summed E-state index contributed by atoms with van der Waals surface area (Å²) in [6.07, 6.45) is 5.14. The van der Waals surface area contributed by atoms with Crippen LogP contribution in [0.5, 0.6) is 5.75 Å². The van der Waals surface area contributed by atoms with Crippen LogP contribution in [-0.2, 0) is 0 Å². The molecular formula is C14H18N2O2S. The molecule has 3 N–H and O–H groups in total. The second-order valence-electron chi connectivity index (χ2n) is 3.74. The Morgan fingerprint density at radius 1 is 1.53 bits per heavy atom. The monoisotopic (exact) mass is 278 g/mol. The SMILES string of the molecule is C#CCSCCNC(=O)c1cc(N)cc(OCC)c1. The molecule has 102 valence electrons. The zero-order valence-corrected chi connectivity index (χ0v) is 11.8. The minimum atomic E-state index is -0.158. The van der Waals surface area contributed by atoms with Crippen LogP contribution >= 0.6 is 11.8 Å². The van der Waals surface area contributed by atoms with Crippen LogP contribution in [0.15, 0.2) is 18.2 Å². The summed E-state index contributed by atoms with van der Waals surface area (Å²) in [6.45, 7) is 2.99. The molecule has 0 saturated carbocycles. The van der Waals surface area contributed by atoms with Crippen LogP contribution in [0.4, 0.5) is 5.69 Å². The van der Waals surface area contributed by atoms with Crippen LogP contribution in [0.2, 0.25) is 0 Å². The molecule has 0 aliphatic carbocycles. The number of thioether (sulfide) groups is 1. The van der Waals surface area contributed by atoms with Crippen molar-refractivity contribution in [3.63, 3.8) is 0 Å². The first-order valence-electron chi connectivity index (χ1n) is 6.00. The molecule has 1 aromatic carbocycles. The van der Waals surface area contributed by atoms with Gasteiger partial charge in [0.05, 0.1) is 12.4 Å². The van der Waals surface area contributed by atoms with Crippen molar-refractivity contribution in [2.75, 3.05) is 30.4 Å². The van der Waals surface area contributed by atoms with Crippen molar-refractivity contribution in [3.05, 3.63) is 23.8 Å². The number of benzene rings is 1. The van der Waals surface area contributed by atoms with Crippen molar-refractivity contribution in [1.82, 2.24) is 5.32 Å². The Morgan fingerprint density at radius 3 is 3.00 bits per heavy atom. The van der Waals surface area contributed by atoms with E-state index in [0.717, 1.165) is 5.75 Å². The minimum absolute atomic E-state index is 0.158. The Hall–Kier alpha value is -1.80. The zero-order valence-electron chi connectivity index (χ0n) is 10.9. The van der Waals surface area contributed by atoms with Gasteiger partial charge in [-0.2, -0.15) is 0 Å². The molecule has 4 nitrogen and oxygen atoms in total. The fourth-order valence-corrected chi connectivity index (χ4v) is 1.98. The number of hydrogen-bond donors (Lipinski definition) is 2. The standard InChI is InChI=1S/C14H18N2O2S/c1-3-6-19-7-5-16-14(17)11-8-12(15)10-13(9-11)18-4-2/h1,8-10H,4-7,15H2,2H3,(H,16,17). The minimum Gasteiger partial charge on any atom is -0.494 e. The van der Waals surface area contributed by atoms with Crippen LogP contribution in [0.1, 0.15) is 17.3 Å². The third-order valence-corrected chi connectivity index (χ3v) is 3.08. The lowest BCUT2D eigenvalue weighted by atomic mass is 10.2. The van der Waals surface area contributed by atoms with Crippen LogP contribution in [-0.4, -0.2) is 30.6 Å². The van der Waals surface area contributed by atoms with Crippen molar-refractivity contribution >= 4 is 23.4 Å². The molecule has 0 fully saturated rings. The molecule has 0 radical (unpaired) electrons. The second-order valence-corrected chi connectivity index (χ2v) is 4.84. The molecule has 1 rings (SSSR count). The highest BCUT2D eigenvalue weighted by atomic mass is 32.2. The van der Waals surface area contributed by atoms with Crippen molar-refractivity contribution in [2.45, 2.75) is 6.92 Å². The molecule has 0 saturated heterocycles. The maximum absolute atomic E-state index is 11.9. The fourth-order valence-electron chi connectivity index (χ4n) is 1.47. The van der Waals surface area contributed by atoms with Crippen molar-refractivity contribution in [3.8, 4) is 18.1 Å². The number of carbonyl (C=O) groups is 1. The van der Waals surface area contributed by atoms with E-state index in [1.165, 1.54) is 0 Å². The highest BCUT2D eigenvalue weighted by molar-refractivity contribution is 7.99. The number of ether oxygens (including phenoxy) is 1. The summed E-state index contributed by atoms with van der Waals surface area (Å²) in [5, 5.41) is 2.81. The summed E-state index contributed by atoms with van der Waals surface area (Å²) in [4.78, 5) is 11.9. The summed E-state index contributed by atoms with van der Waals surface area (Å²) < 4.78 is 5.35. The van der Waals surface area contributed by atoms with Gasteiger partial charge in [0.15, 0.2) is 0 Å². The average molecular weight is 278 g/mol. The smallest absolute Gasteiger partial charge is 0.251 e. The van der Waals surface area contributed by atoms with Gasteiger partial charge in [-0.15, -0.1) is 18.2 Å². The molecular weight excluding hydrogens is 260 g/mol.